The molecule has 1 aliphatic heterocycles. The minimum absolute atomic E-state index is 0.0526. The standard InChI is InChI=1S/C22H30O4/c1-7-13(2)18-21(5)10-14(3)17-20(4,9-8-16(24)25)11-15(12-23)19(26-18)22(17,21)6/h7-11,17-19,23H,12H2,1-6H3,(H,24,25). The molecular formula is C22H30O4. The Balaban J connectivity index is 2.24. The fourth-order valence-electron chi connectivity index (χ4n) is 6.13. The molecule has 2 N–H and O–H groups in total. The van der Waals surface area contributed by atoms with Crippen molar-refractivity contribution in [2.24, 2.45) is 22.2 Å². The molecule has 3 aliphatic rings. The number of carboxylic acid groups (broad SMARTS) is 1. The van der Waals surface area contributed by atoms with Gasteiger partial charge in [0.05, 0.1) is 18.8 Å². The highest BCUT2D eigenvalue weighted by atomic mass is 16.5. The van der Waals surface area contributed by atoms with Gasteiger partial charge in [-0.05, 0) is 31.9 Å². The zero-order chi connectivity index (χ0) is 19.5. The number of aliphatic carboxylic acids is 1. The van der Waals surface area contributed by atoms with Crippen LogP contribution in [0.5, 0.6) is 0 Å². The Morgan fingerprint density at radius 2 is 1.96 bits per heavy atom. The van der Waals surface area contributed by atoms with Crippen LogP contribution < -0.4 is 0 Å². The molecule has 1 heterocycles. The maximum absolute atomic E-state index is 11.2. The molecule has 6 unspecified atom stereocenters. The Bertz CT molecular complexity index is 758. The van der Waals surface area contributed by atoms with Crippen molar-refractivity contribution in [1.82, 2.24) is 0 Å². The quantitative estimate of drug-likeness (QED) is 0.591. The molecule has 0 radical (unpaired) electrons. The molecule has 0 aromatic heterocycles. The average molecular weight is 358 g/mol. The van der Waals surface area contributed by atoms with Crippen LogP contribution in [0.15, 0.2) is 47.1 Å². The molecule has 4 nitrogen and oxygen atoms in total. The van der Waals surface area contributed by atoms with E-state index < -0.39 is 11.4 Å². The predicted octanol–water partition coefficient (Wildman–Crippen LogP) is 3.89. The number of aliphatic hydroxyl groups is 1. The molecule has 1 saturated heterocycles. The van der Waals surface area contributed by atoms with Crippen LogP contribution in [0.4, 0.5) is 0 Å². The third-order valence-corrected chi connectivity index (χ3v) is 7.20. The first-order valence-corrected chi connectivity index (χ1v) is 9.27. The Morgan fingerprint density at radius 1 is 1.31 bits per heavy atom. The SMILES string of the molecule is CC=C(C)C1OC2C(CO)=CC(C)(C=CC(=O)O)C3C(C)=CC1(C)C23C. The Hall–Kier alpha value is -1.65. The van der Waals surface area contributed by atoms with Crippen molar-refractivity contribution in [1.29, 1.82) is 0 Å². The van der Waals surface area contributed by atoms with E-state index in [4.69, 9.17) is 9.84 Å². The van der Waals surface area contributed by atoms with E-state index in [1.54, 1.807) is 6.08 Å². The van der Waals surface area contributed by atoms with Gasteiger partial charge in [-0.3, -0.25) is 0 Å². The van der Waals surface area contributed by atoms with Crippen LogP contribution in [-0.2, 0) is 9.53 Å². The molecule has 0 spiro atoms. The summed E-state index contributed by atoms with van der Waals surface area (Å²) >= 11 is 0. The highest BCUT2D eigenvalue weighted by molar-refractivity contribution is 5.80. The first-order chi connectivity index (χ1) is 12.0. The van der Waals surface area contributed by atoms with Crippen LogP contribution in [0, 0.1) is 22.2 Å². The van der Waals surface area contributed by atoms with Gasteiger partial charge in [-0.15, -0.1) is 0 Å². The van der Waals surface area contributed by atoms with E-state index in [1.807, 2.05) is 13.0 Å². The van der Waals surface area contributed by atoms with Crippen molar-refractivity contribution in [3.05, 3.63) is 47.1 Å². The third-order valence-electron chi connectivity index (χ3n) is 7.20. The molecule has 0 aromatic rings. The molecule has 142 valence electrons. The molecular weight excluding hydrogens is 328 g/mol. The molecule has 6 atom stereocenters. The first kappa shape index (κ1) is 19.1. The summed E-state index contributed by atoms with van der Waals surface area (Å²) < 4.78 is 6.55. The summed E-state index contributed by atoms with van der Waals surface area (Å²) in [6, 6.07) is 0. The Morgan fingerprint density at radius 3 is 2.50 bits per heavy atom. The van der Waals surface area contributed by atoms with Crippen molar-refractivity contribution >= 4 is 5.97 Å². The van der Waals surface area contributed by atoms with Gasteiger partial charge in [0.2, 0.25) is 0 Å². The second-order valence-corrected chi connectivity index (χ2v) is 8.73. The van der Waals surface area contributed by atoms with E-state index in [1.165, 1.54) is 17.2 Å². The molecule has 2 aliphatic carbocycles. The number of carboxylic acids is 1. The normalized spacial score (nSPS) is 44.9. The zero-order valence-corrected chi connectivity index (χ0v) is 16.5. The molecule has 4 heteroatoms. The van der Waals surface area contributed by atoms with Crippen molar-refractivity contribution in [3.8, 4) is 0 Å². The van der Waals surface area contributed by atoms with Gasteiger partial charge in [0.1, 0.15) is 0 Å². The van der Waals surface area contributed by atoms with E-state index in [2.05, 4.69) is 46.8 Å². The summed E-state index contributed by atoms with van der Waals surface area (Å²) in [5.41, 5.74) is 2.35. The summed E-state index contributed by atoms with van der Waals surface area (Å²) in [6.45, 7) is 12.7. The fraction of sp³-hybridized carbons (Fsp3) is 0.591. The van der Waals surface area contributed by atoms with Crippen molar-refractivity contribution in [2.45, 2.75) is 53.8 Å². The molecule has 0 bridgehead atoms. The maximum Gasteiger partial charge on any atom is 0.328 e. The number of rotatable bonds is 4. The summed E-state index contributed by atoms with van der Waals surface area (Å²) in [5.74, 6) is -0.837. The lowest BCUT2D eigenvalue weighted by Crippen LogP contribution is -2.52. The Labute approximate surface area is 155 Å². The summed E-state index contributed by atoms with van der Waals surface area (Å²) in [7, 11) is 0. The van der Waals surface area contributed by atoms with E-state index >= 15 is 0 Å². The van der Waals surface area contributed by atoms with Gasteiger partial charge in [0.15, 0.2) is 0 Å². The smallest absolute Gasteiger partial charge is 0.328 e. The zero-order valence-electron chi connectivity index (χ0n) is 16.5. The van der Waals surface area contributed by atoms with Gasteiger partial charge >= 0.3 is 5.97 Å². The largest absolute Gasteiger partial charge is 0.478 e. The van der Waals surface area contributed by atoms with Crippen molar-refractivity contribution < 1.29 is 19.7 Å². The van der Waals surface area contributed by atoms with Crippen LogP contribution in [0.1, 0.15) is 41.5 Å². The van der Waals surface area contributed by atoms with Crippen LogP contribution in [0.25, 0.3) is 0 Å². The topological polar surface area (TPSA) is 66.8 Å². The van der Waals surface area contributed by atoms with Gasteiger partial charge < -0.3 is 14.9 Å². The van der Waals surface area contributed by atoms with Crippen LogP contribution in [0.3, 0.4) is 0 Å². The van der Waals surface area contributed by atoms with Crippen molar-refractivity contribution in [3.63, 3.8) is 0 Å². The van der Waals surface area contributed by atoms with Gasteiger partial charge in [0, 0.05) is 28.2 Å². The van der Waals surface area contributed by atoms with Gasteiger partial charge in [-0.25, -0.2) is 4.79 Å². The number of ether oxygens (including phenoxy) is 1. The first-order valence-electron chi connectivity index (χ1n) is 9.27. The van der Waals surface area contributed by atoms with Crippen molar-refractivity contribution in [2.75, 3.05) is 6.61 Å². The lowest BCUT2D eigenvalue weighted by molar-refractivity contribution is -0.131. The summed E-state index contributed by atoms with van der Waals surface area (Å²) in [5, 5.41) is 19.2. The van der Waals surface area contributed by atoms with E-state index in [-0.39, 0.29) is 35.6 Å². The third kappa shape index (κ3) is 2.25. The lowest BCUT2D eigenvalue weighted by Gasteiger charge is -2.52. The van der Waals surface area contributed by atoms with Gasteiger partial charge in [-0.2, -0.15) is 0 Å². The average Bonchev–Trinajstić information content (AvgIpc) is 2.92. The van der Waals surface area contributed by atoms with Gasteiger partial charge in [-0.1, -0.05) is 50.6 Å². The monoisotopic (exact) mass is 358 g/mol. The minimum Gasteiger partial charge on any atom is -0.478 e. The molecule has 0 aromatic carbocycles. The summed E-state index contributed by atoms with van der Waals surface area (Å²) in [4.78, 5) is 11.2. The number of hydrogen-bond donors (Lipinski definition) is 2. The van der Waals surface area contributed by atoms with Crippen LogP contribution >= 0.6 is 0 Å². The number of carbonyl (C=O) groups is 1. The van der Waals surface area contributed by atoms with E-state index in [9.17, 15) is 9.90 Å². The predicted molar refractivity (Wildman–Crippen MR) is 102 cm³/mol. The maximum atomic E-state index is 11.2. The van der Waals surface area contributed by atoms with Crippen LogP contribution in [-0.4, -0.2) is 35.0 Å². The van der Waals surface area contributed by atoms with E-state index in [0.29, 0.717) is 0 Å². The second kappa shape index (κ2) is 5.93. The van der Waals surface area contributed by atoms with E-state index in [0.717, 1.165) is 5.57 Å². The van der Waals surface area contributed by atoms with Crippen LogP contribution in [0.2, 0.25) is 0 Å². The second-order valence-electron chi connectivity index (χ2n) is 8.73. The Kier molecular flexibility index (Phi) is 4.36. The molecule has 0 saturated carbocycles. The number of aliphatic hydroxyl groups excluding tert-OH is 1. The highest BCUT2D eigenvalue weighted by Crippen LogP contribution is 2.71. The number of hydrogen-bond acceptors (Lipinski definition) is 3. The minimum atomic E-state index is -0.954. The molecule has 1 fully saturated rings. The summed E-state index contributed by atoms with van der Waals surface area (Å²) in [6.07, 6.45) is 9.22. The molecule has 26 heavy (non-hydrogen) atoms. The molecule has 3 rings (SSSR count). The fourth-order valence-corrected chi connectivity index (χ4v) is 6.13. The van der Waals surface area contributed by atoms with Gasteiger partial charge in [0.25, 0.3) is 0 Å². The highest BCUT2D eigenvalue weighted by Gasteiger charge is 2.71. The number of allylic oxidation sites excluding steroid dienone is 4. The lowest BCUT2D eigenvalue weighted by atomic mass is 9.50. The molecule has 0 amide bonds.